The van der Waals surface area contributed by atoms with Gasteiger partial charge >= 0.3 is 0 Å². The second-order valence-electron chi connectivity index (χ2n) is 5.30. The molecule has 0 radical (unpaired) electrons. The molecule has 1 aromatic rings. The zero-order chi connectivity index (χ0) is 15.1. The maximum atomic E-state index is 11.9. The number of amides is 1. The van der Waals surface area contributed by atoms with Crippen molar-refractivity contribution < 1.29 is 9.53 Å². The maximum Gasteiger partial charge on any atom is 0.228 e. The molecule has 1 aromatic carbocycles. The van der Waals surface area contributed by atoms with Gasteiger partial charge in [-0.1, -0.05) is 32.4 Å². The van der Waals surface area contributed by atoms with Crippen molar-refractivity contribution in [2.45, 2.75) is 20.8 Å². The van der Waals surface area contributed by atoms with Crippen LogP contribution >= 0.6 is 11.6 Å². The summed E-state index contributed by atoms with van der Waals surface area (Å²) in [6.45, 7) is 7.27. The molecule has 4 nitrogen and oxygen atoms in total. The van der Waals surface area contributed by atoms with Gasteiger partial charge in [0.1, 0.15) is 5.75 Å². The molecule has 20 heavy (non-hydrogen) atoms. The molecular formula is C15H23ClN2O2. The summed E-state index contributed by atoms with van der Waals surface area (Å²) in [6.07, 6.45) is 0. The Hall–Kier alpha value is -1.26. The second-order valence-corrected chi connectivity index (χ2v) is 5.71. The number of carbonyl (C=O) groups excluding carboxylic acids is 1. The van der Waals surface area contributed by atoms with Gasteiger partial charge in [0.15, 0.2) is 0 Å². The van der Waals surface area contributed by atoms with Crippen LogP contribution in [0.5, 0.6) is 5.75 Å². The van der Waals surface area contributed by atoms with Crippen molar-refractivity contribution in [2.75, 3.05) is 25.5 Å². The van der Waals surface area contributed by atoms with Crippen LogP contribution in [-0.2, 0) is 4.79 Å². The Labute approximate surface area is 125 Å². The van der Waals surface area contributed by atoms with Crippen molar-refractivity contribution in [1.29, 1.82) is 0 Å². The Morgan fingerprint density at radius 3 is 2.60 bits per heavy atom. The number of carbonyl (C=O) groups is 1. The van der Waals surface area contributed by atoms with E-state index in [1.54, 1.807) is 18.2 Å². The summed E-state index contributed by atoms with van der Waals surface area (Å²) < 4.78 is 5.59. The highest BCUT2D eigenvalue weighted by Crippen LogP contribution is 2.28. The minimum atomic E-state index is -0.101. The van der Waals surface area contributed by atoms with E-state index in [1.165, 1.54) is 0 Å². The van der Waals surface area contributed by atoms with Crippen molar-refractivity contribution in [3.63, 3.8) is 0 Å². The van der Waals surface area contributed by atoms with E-state index in [2.05, 4.69) is 24.5 Å². The van der Waals surface area contributed by atoms with E-state index >= 15 is 0 Å². The van der Waals surface area contributed by atoms with Crippen molar-refractivity contribution in [3.05, 3.63) is 23.2 Å². The molecule has 5 heteroatoms. The molecule has 1 amide bonds. The lowest BCUT2D eigenvalue weighted by molar-refractivity contribution is -0.119. The van der Waals surface area contributed by atoms with Gasteiger partial charge in [0.2, 0.25) is 5.91 Å². The molecule has 1 rings (SSSR count). The molecule has 0 saturated heterocycles. The molecule has 0 fully saturated rings. The lowest BCUT2D eigenvalue weighted by Gasteiger charge is -2.14. The molecule has 0 aliphatic heterocycles. The minimum Gasteiger partial charge on any atom is -0.492 e. The third kappa shape index (κ3) is 5.39. The van der Waals surface area contributed by atoms with Crippen molar-refractivity contribution in [2.24, 2.45) is 11.8 Å². The minimum absolute atomic E-state index is 0.0359. The van der Waals surface area contributed by atoms with Gasteiger partial charge in [-0.25, -0.2) is 0 Å². The van der Waals surface area contributed by atoms with E-state index in [0.717, 1.165) is 0 Å². The van der Waals surface area contributed by atoms with Gasteiger partial charge in [-0.15, -0.1) is 0 Å². The van der Waals surface area contributed by atoms with Gasteiger partial charge in [0, 0.05) is 18.2 Å². The highest BCUT2D eigenvalue weighted by Gasteiger charge is 2.13. The Balaban J connectivity index is 2.65. The first-order chi connectivity index (χ1) is 9.43. The molecule has 0 bridgehead atoms. The van der Waals surface area contributed by atoms with Crippen LogP contribution in [0.15, 0.2) is 18.2 Å². The smallest absolute Gasteiger partial charge is 0.228 e. The van der Waals surface area contributed by atoms with Gasteiger partial charge in [-0.3, -0.25) is 4.79 Å². The topological polar surface area (TPSA) is 50.4 Å². The summed E-state index contributed by atoms with van der Waals surface area (Å²) >= 11 is 6.15. The van der Waals surface area contributed by atoms with Crippen molar-refractivity contribution in [1.82, 2.24) is 5.32 Å². The first kappa shape index (κ1) is 16.8. The molecule has 1 atom stereocenters. The SMILES string of the molecule is CNCC(C)C(=O)Nc1ccc(OCC(C)C)c(Cl)c1. The number of hydrogen-bond donors (Lipinski definition) is 2. The normalized spacial score (nSPS) is 12.3. The fourth-order valence-electron chi connectivity index (χ4n) is 1.62. The average molecular weight is 299 g/mol. The van der Waals surface area contributed by atoms with Crippen LogP contribution in [0.1, 0.15) is 20.8 Å². The summed E-state index contributed by atoms with van der Waals surface area (Å²) in [5.74, 6) is 0.941. The van der Waals surface area contributed by atoms with E-state index in [9.17, 15) is 4.79 Å². The van der Waals surface area contributed by atoms with Gasteiger partial charge in [-0.2, -0.15) is 0 Å². The predicted molar refractivity (Wildman–Crippen MR) is 83.5 cm³/mol. The maximum absolute atomic E-state index is 11.9. The fourth-order valence-corrected chi connectivity index (χ4v) is 1.85. The molecule has 0 aromatic heterocycles. The lowest BCUT2D eigenvalue weighted by Crippen LogP contribution is -2.28. The number of benzene rings is 1. The average Bonchev–Trinajstić information content (AvgIpc) is 2.37. The number of hydrogen-bond acceptors (Lipinski definition) is 3. The zero-order valence-electron chi connectivity index (χ0n) is 12.5. The number of halogens is 1. The van der Waals surface area contributed by atoms with Crippen LogP contribution in [0.2, 0.25) is 5.02 Å². The number of rotatable bonds is 7. The van der Waals surface area contributed by atoms with Crippen LogP contribution in [0.25, 0.3) is 0 Å². The molecule has 112 valence electrons. The van der Waals surface area contributed by atoms with E-state index in [1.807, 2.05) is 14.0 Å². The van der Waals surface area contributed by atoms with Crippen molar-refractivity contribution in [3.8, 4) is 5.75 Å². The lowest BCUT2D eigenvalue weighted by atomic mass is 10.1. The van der Waals surface area contributed by atoms with Crippen LogP contribution in [-0.4, -0.2) is 26.1 Å². The molecule has 0 aliphatic rings. The summed E-state index contributed by atoms with van der Waals surface area (Å²) in [6, 6.07) is 5.29. The molecule has 0 spiro atoms. The second kappa shape index (κ2) is 8.12. The zero-order valence-corrected chi connectivity index (χ0v) is 13.3. The molecule has 0 heterocycles. The van der Waals surface area contributed by atoms with Crippen molar-refractivity contribution >= 4 is 23.2 Å². The van der Waals surface area contributed by atoms with Gasteiger partial charge in [-0.05, 0) is 31.2 Å². The Bertz CT molecular complexity index is 449. The van der Waals surface area contributed by atoms with Gasteiger partial charge < -0.3 is 15.4 Å². The summed E-state index contributed by atoms with van der Waals surface area (Å²) in [5.41, 5.74) is 0.680. The quantitative estimate of drug-likeness (QED) is 0.813. The van der Waals surface area contributed by atoms with E-state index in [-0.39, 0.29) is 11.8 Å². The van der Waals surface area contributed by atoms with E-state index in [0.29, 0.717) is 35.5 Å². The summed E-state index contributed by atoms with van der Waals surface area (Å²) in [5, 5.41) is 6.32. The molecule has 0 aliphatic carbocycles. The Morgan fingerprint density at radius 2 is 2.05 bits per heavy atom. The van der Waals surface area contributed by atoms with Crippen LogP contribution in [0.4, 0.5) is 5.69 Å². The molecule has 1 unspecified atom stereocenters. The first-order valence-corrected chi connectivity index (χ1v) is 7.19. The van der Waals surface area contributed by atoms with Gasteiger partial charge in [0.25, 0.3) is 0 Å². The Morgan fingerprint density at radius 1 is 1.35 bits per heavy atom. The summed E-state index contributed by atoms with van der Waals surface area (Å²) in [4.78, 5) is 11.9. The number of nitrogens with one attached hydrogen (secondary N) is 2. The van der Waals surface area contributed by atoms with E-state index < -0.39 is 0 Å². The number of ether oxygens (including phenoxy) is 1. The largest absolute Gasteiger partial charge is 0.492 e. The van der Waals surface area contributed by atoms with Gasteiger partial charge in [0.05, 0.1) is 11.6 Å². The highest BCUT2D eigenvalue weighted by atomic mass is 35.5. The third-order valence-corrected chi connectivity index (χ3v) is 3.02. The standard InChI is InChI=1S/C15H23ClN2O2/c1-10(2)9-20-14-6-5-12(7-13(14)16)18-15(19)11(3)8-17-4/h5-7,10-11,17H,8-9H2,1-4H3,(H,18,19). The predicted octanol–water partition coefficient (Wildman–Crippen LogP) is 3.17. The summed E-state index contributed by atoms with van der Waals surface area (Å²) in [7, 11) is 1.82. The number of anilines is 1. The monoisotopic (exact) mass is 298 g/mol. The highest BCUT2D eigenvalue weighted by molar-refractivity contribution is 6.32. The van der Waals surface area contributed by atoms with Crippen LogP contribution in [0, 0.1) is 11.8 Å². The van der Waals surface area contributed by atoms with Crippen LogP contribution < -0.4 is 15.4 Å². The molecular weight excluding hydrogens is 276 g/mol. The third-order valence-electron chi connectivity index (χ3n) is 2.73. The molecule has 0 saturated carbocycles. The first-order valence-electron chi connectivity index (χ1n) is 6.81. The fraction of sp³-hybridized carbons (Fsp3) is 0.533. The van der Waals surface area contributed by atoms with Crippen LogP contribution in [0.3, 0.4) is 0 Å². The van der Waals surface area contributed by atoms with E-state index in [4.69, 9.17) is 16.3 Å². The Kier molecular flexibility index (Phi) is 6.82. The molecule has 2 N–H and O–H groups in total.